The molecule has 0 saturated carbocycles. The molecule has 0 aromatic heterocycles. The van der Waals surface area contributed by atoms with Gasteiger partial charge >= 0.3 is 12.1 Å². The van der Waals surface area contributed by atoms with E-state index in [2.05, 4.69) is 5.32 Å². The summed E-state index contributed by atoms with van der Waals surface area (Å²) >= 11 is 6.48. The Morgan fingerprint density at radius 3 is 2.28 bits per heavy atom. The van der Waals surface area contributed by atoms with Crippen LogP contribution in [-0.2, 0) is 9.53 Å². The zero-order chi connectivity index (χ0) is 26.7. The zero-order valence-corrected chi connectivity index (χ0v) is 22.3. The number of carbonyl (C=O) groups excluding carboxylic acids is 2. The molecule has 196 valence electrons. The first-order valence-corrected chi connectivity index (χ1v) is 12.6. The molecule has 0 radical (unpaired) electrons. The van der Waals surface area contributed by atoms with Gasteiger partial charge in [0.15, 0.2) is 0 Å². The molecule has 2 aromatic rings. The fraction of sp³-hybridized carbons (Fsp3) is 0.519. The van der Waals surface area contributed by atoms with Gasteiger partial charge in [0.1, 0.15) is 16.9 Å². The quantitative estimate of drug-likeness (QED) is 0.501. The van der Waals surface area contributed by atoms with Crippen LogP contribution >= 0.6 is 11.6 Å². The van der Waals surface area contributed by atoms with Gasteiger partial charge in [0.2, 0.25) is 0 Å². The number of ether oxygens (including phenoxy) is 2. The van der Waals surface area contributed by atoms with E-state index in [9.17, 15) is 19.5 Å². The number of aliphatic carboxylic acids is 1. The van der Waals surface area contributed by atoms with Crippen molar-refractivity contribution in [2.75, 3.05) is 19.7 Å². The van der Waals surface area contributed by atoms with Crippen molar-refractivity contribution < 1.29 is 29.0 Å². The van der Waals surface area contributed by atoms with Gasteiger partial charge < -0.3 is 24.8 Å². The van der Waals surface area contributed by atoms with Gasteiger partial charge in [0.05, 0.1) is 12.2 Å². The summed E-state index contributed by atoms with van der Waals surface area (Å²) < 4.78 is 11.7. The molecule has 1 unspecified atom stereocenters. The number of carbonyl (C=O) groups is 3. The number of amides is 2. The zero-order valence-electron chi connectivity index (χ0n) is 21.5. The summed E-state index contributed by atoms with van der Waals surface area (Å²) in [5, 5.41) is 14.0. The average molecular weight is 519 g/mol. The van der Waals surface area contributed by atoms with E-state index in [0.717, 1.165) is 18.2 Å². The smallest absolute Gasteiger partial charge is 0.410 e. The summed E-state index contributed by atoms with van der Waals surface area (Å²) in [5.74, 6) is -1.14. The Balaban J connectivity index is 1.79. The Kier molecular flexibility index (Phi) is 8.39. The summed E-state index contributed by atoms with van der Waals surface area (Å²) in [5.41, 5.74) is -1.79. The second-order valence-electron chi connectivity index (χ2n) is 10.4. The second-order valence-corrected chi connectivity index (χ2v) is 10.9. The highest BCUT2D eigenvalue weighted by Crippen LogP contribution is 2.36. The standard InChI is InChI=1S/C27H35ClN2O6/c1-6-27(5,24(32)33)29-23(31)20-15-21(28)18-9-7-8-10-19(18)22(20)35-16-17-11-13-30(14-12-17)25(34)36-26(2,3)4/h7-10,15,17H,6,11-14,16H2,1-5H3,(H,29,31)(H,32,33). The van der Waals surface area contributed by atoms with E-state index in [0.29, 0.717) is 35.9 Å². The summed E-state index contributed by atoms with van der Waals surface area (Å²) in [6, 6.07) is 8.88. The van der Waals surface area contributed by atoms with Gasteiger partial charge in [0, 0.05) is 28.9 Å². The van der Waals surface area contributed by atoms with Crippen molar-refractivity contribution in [3.63, 3.8) is 0 Å². The van der Waals surface area contributed by atoms with Gasteiger partial charge in [-0.2, -0.15) is 0 Å². The maximum absolute atomic E-state index is 13.3. The first-order chi connectivity index (χ1) is 16.8. The summed E-state index contributed by atoms with van der Waals surface area (Å²) in [6.45, 7) is 10.2. The van der Waals surface area contributed by atoms with E-state index >= 15 is 0 Å². The highest BCUT2D eigenvalue weighted by atomic mass is 35.5. The third-order valence-corrected chi connectivity index (χ3v) is 6.80. The number of rotatable bonds is 7. The van der Waals surface area contributed by atoms with Crippen LogP contribution in [0.1, 0.15) is 64.2 Å². The predicted molar refractivity (Wildman–Crippen MR) is 139 cm³/mol. The molecule has 36 heavy (non-hydrogen) atoms. The van der Waals surface area contributed by atoms with Gasteiger partial charge in [0.25, 0.3) is 5.91 Å². The Hall–Kier alpha value is -3.00. The lowest BCUT2D eigenvalue weighted by atomic mass is 9.97. The van der Waals surface area contributed by atoms with Crippen LogP contribution in [0.5, 0.6) is 5.75 Å². The molecule has 1 aliphatic heterocycles. The Bertz CT molecular complexity index is 1140. The van der Waals surface area contributed by atoms with Crippen molar-refractivity contribution in [3.05, 3.63) is 40.9 Å². The van der Waals surface area contributed by atoms with E-state index in [-0.39, 0.29) is 24.0 Å². The summed E-state index contributed by atoms with van der Waals surface area (Å²) in [7, 11) is 0. The first kappa shape index (κ1) is 27.6. The van der Waals surface area contributed by atoms with E-state index in [1.165, 1.54) is 13.0 Å². The Labute approximate surface area is 216 Å². The number of nitrogens with zero attached hydrogens (tertiary/aromatic N) is 1. The van der Waals surface area contributed by atoms with Crippen LogP contribution in [0.2, 0.25) is 5.02 Å². The number of hydrogen-bond donors (Lipinski definition) is 2. The molecular weight excluding hydrogens is 484 g/mol. The molecule has 0 aliphatic carbocycles. The molecule has 9 heteroatoms. The van der Waals surface area contributed by atoms with Crippen molar-refractivity contribution in [1.29, 1.82) is 0 Å². The van der Waals surface area contributed by atoms with Gasteiger partial charge in [-0.25, -0.2) is 9.59 Å². The lowest BCUT2D eigenvalue weighted by Crippen LogP contribution is -2.51. The fourth-order valence-corrected chi connectivity index (χ4v) is 4.32. The van der Waals surface area contributed by atoms with Crippen LogP contribution in [0, 0.1) is 5.92 Å². The molecule has 2 amide bonds. The number of hydrogen-bond acceptors (Lipinski definition) is 5. The predicted octanol–water partition coefficient (Wildman–Crippen LogP) is 5.50. The van der Waals surface area contributed by atoms with Crippen molar-refractivity contribution in [2.45, 2.75) is 65.0 Å². The van der Waals surface area contributed by atoms with Gasteiger partial charge in [-0.05, 0) is 58.9 Å². The molecule has 8 nitrogen and oxygen atoms in total. The lowest BCUT2D eigenvalue weighted by molar-refractivity contribution is -0.143. The molecule has 1 fully saturated rings. The normalized spacial score (nSPS) is 16.3. The highest BCUT2D eigenvalue weighted by Gasteiger charge is 2.34. The van der Waals surface area contributed by atoms with Crippen molar-refractivity contribution in [3.8, 4) is 5.75 Å². The van der Waals surface area contributed by atoms with Gasteiger partial charge in [-0.1, -0.05) is 42.8 Å². The maximum Gasteiger partial charge on any atom is 0.410 e. The minimum Gasteiger partial charge on any atom is -0.492 e. The highest BCUT2D eigenvalue weighted by molar-refractivity contribution is 6.36. The number of halogens is 1. The third-order valence-electron chi connectivity index (χ3n) is 6.49. The molecule has 0 bridgehead atoms. The average Bonchev–Trinajstić information content (AvgIpc) is 2.82. The molecular formula is C27H35ClN2O6. The molecule has 0 spiro atoms. The van der Waals surface area contributed by atoms with Gasteiger partial charge in [-0.3, -0.25) is 4.79 Å². The number of carboxylic acids is 1. The van der Waals surface area contributed by atoms with Gasteiger partial charge in [-0.15, -0.1) is 0 Å². The second kappa shape index (κ2) is 10.9. The number of fused-ring (bicyclic) bond motifs is 1. The van der Waals surface area contributed by atoms with Crippen LogP contribution in [0.25, 0.3) is 10.8 Å². The van der Waals surface area contributed by atoms with E-state index in [4.69, 9.17) is 21.1 Å². The van der Waals surface area contributed by atoms with Crippen LogP contribution in [0.3, 0.4) is 0 Å². The maximum atomic E-state index is 13.3. The van der Waals surface area contributed by atoms with Crippen LogP contribution in [0.15, 0.2) is 30.3 Å². The number of benzene rings is 2. The van der Waals surface area contributed by atoms with E-state index in [1.807, 2.05) is 45.0 Å². The molecule has 1 heterocycles. The lowest BCUT2D eigenvalue weighted by Gasteiger charge is -2.33. The van der Waals surface area contributed by atoms with Crippen molar-refractivity contribution in [2.24, 2.45) is 5.92 Å². The molecule has 1 aliphatic rings. The first-order valence-electron chi connectivity index (χ1n) is 12.2. The number of likely N-dealkylation sites (tertiary alicyclic amines) is 1. The monoisotopic (exact) mass is 518 g/mol. The Morgan fingerprint density at radius 1 is 1.11 bits per heavy atom. The minimum atomic E-state index is -1.43. The largest absolute Gasteiger partial charge is 0.492 e. The molecule has 1 atom stereocenters. The topological polar surface area (TPSA) is 105 Å². The minimum absolute atomic E-state index is 0.175. The number of nitrogens with one attached hydrogen (secondary N) is 1. The summed E-state index contributed by atoms with van der Waals surface area (Å²) in [6.07, 6.45) is 1.36. The van der Waals surface area contributed by atoms with Crippen LogP contribution in [0.4, 0.5) is 4.79 Å². The molecule has 2 aromatic carbocycles. The number of carboxylic acid groups (broad SMARTS) is 1. The SMILES string of the molecule is CCC(C)(NC(=O)c1cc(Cl)c2ccccc2c1OCC1CCN(C(=O)OC(C)(C)C)CC1)C(=O)O. The fourth-order valence-electron chi connectivity index (χ4n) is 4.05. The van der Waals surface area contributed by atoms with E-state index < -0.39 is 23.0 Å². The number of piperidine rings is 1. The van der Waals surface area contributed by atoms with Crippen molar-refractivity contribution in [1.82, 2.24) is 10.2 Å². The molecule has 3 rings (SSSR count). The molecule has 2 N–H and O–H groups in total. The third kappa shape index (κ3) is 6.40. The molecule has 1 saturated heterocycles. The van der Waals surface area contributed by atoms with Crippen LogP contribution in [-0.4, -0.2) is 58.8 Å². The Morgan fingerprint density at radius 2 is 1.72 bits per heavy atom. The van der Waals surface area contributed by atoms with E-state index in [1.54, 1.807) is 11.8 Å². The summed E-state index contributed by atoms with van der Waals surface area (Å²) in [4.78, 5) is 39.1. The van der Waals surface area contributed by atoms with Crippen molar-refractivity contribution >= 4 is 40.3 Å². The van der Waals surface area contributed by atoms with Crippen LogP contribution < -0.4 is 10.1 Å².